The Morgan fingerprint density at radius 1 is 1.10 bits per heavy atom. The number of nitrogens with one attached hydrogen (secondary N) is 1. The molecule has 21 heavy (non-hydrogen) atoms. The maximum absolute atomic E-state index is 10.0. The quantitative estimate of drug-likeness (QED) is 0.794. The summed E-state index contributed by atoms with van der Waals surface area (Å²) in [7, 11) is 1.56. The van der Waals surface area contributed by atoms with Gasteiger partial charge in [-0.2, -0.15) is 0 Å². The number of phenolic OH excluding ortho intramolecular Hbond substituents is 1. The topological polar surface area (TPSA) is 41.5 Å². The molecule has 2 rings (SSSR count). The zero-order chi connectivity index (χ0) is 15.1. The monoisotopic (exact) mass is 285 g/mol. The molecule has 2 N–H and O–H groups in total. The van der Waals surface area contributed by atoms with Gasteiger partial charge in [-0.25, -0.2) is 0 Å². The fraction of sp³-hybridized carbons (Fsp3) is 0.333. The summed E-state index contributed by atoms with van der Waals surface area (Å²) in [6, 6.07) is 14.0. The molecule has 3 nitrogen and oxygen atoms in total. The van der Waals surface area contributed by atoms with Gasteiger partial charge in [0, 0.05) is 17.8 Å². The Kier molecular flexibility index (Phi) is 5.50. The molecule has 112 valence electrons. The summed E-state index contributed by atoms with van der Waals surface area (Å²) >= 11 is 0. The molecular formula is C18H23NO2. The second-order valence-corrected chi connectivity index (χ2v) is 5.12. The molecule has 0 saturated heterocycles. The van der Waals surface area contributed by atoms with E-state index in [1.807, 2.05) is 12.1 Å². The lowest BCUT2D eigenvalue weighted by Crippen LogP contribution is -2.00. The van der Waals surface area contributed by atoms with Gasteiger partial charge >= 0.3 is 0 Å². The number of para-hydroxylation sites is 1. The third-order valence-electron chi connectivity index (χ3n) is 3.56. The first-order chi connectivity index (χ1) is 10.2. The first-order valence-electron chi connectivity index (χ1n) is 7.42. The van der Waals surface area contributed by atoms with E-state index >= 15 is 0 Å². The van der Waals surface area contributed by atoms with Gasteiger partial charge < -0.3 is 15.2 Å². The van der Waals surface area contributed by atoms with Gasteiger partial charge in [0.15, 0.2) is 11.5 Å². The predicted molar refractivity (Wildman–Crippen MR) is 87.0 cm³/mol. The van der Waals surface area contributed by atoms with E-state index in [0.717, 1.165) is 17.7 Å². The van der Waals surface area contributed by atoms with Gasteiger partial charge in [-0.1, -0.05) is 37.6 Å². The van der Waals surface area contributed by atoms with Crippen LogP contribution in [0.3, 0.4) is 0 Å². The summed E-state index contributed by atoms with van der Waals surface area (Å²) < 4.78 is 5.11. The highest BCUT2D eigenvalue weighted by Gasteiger charge is 2.06. The second kappa shape index (κ2) is 7.58. The number of unbranched alkanes of at least 4 members (excludes halogenated alkanes) is 1. The van der Waals surface area contributed by atoms with Gasteiger partial charge in [-0.3, -0.25) is 0 Å². The van der Waals surface area contributed by atoms with Crippen molar-refractivity contribution in [2.75, 3.05) is 12.4 Å². The van der Waals surface area contributed by atoms with Crippen molar-refractivity contribution >= 4 is 5.69 Å². The molecule has 3 heteroatoms. The van der Waals surface area contributed by atoms with E-state index in [9.17, 15) is 5.11 Å². The Balaban J connectivity index is 1.97. The van der Waals surface area contributed by atoms with Crippen molar-refractivity contribution < 1.29 is 9.84 Å². The second-order valence-electron chi connectivity index (χ2n) is 5.12. The molecule has 0 bridgehead atoms. The van der Waals surface area contributed by atoms with Crippen LogP contribution in [0.5, 0.6) is 11.5 Å². The number of benzene rings is 2. The molecule has 0 heterocycles. The van der Waals surface area contributed by atoms with Crippen LogP contribution in [0.2, 0.25) is 0 Å². The third-order valence-corrected chi connectivity index (χ3v) is 3.56. The van der Waals surface area contributed by atoms with Crippen LogP contribution in [-0.2, 0) is 13.0 Å². The van der Waals surface area contributed by atoms with E-state index in [4.69, 9.17) is 4.74 Å². The summed E-state index contributed by atoms with van der Waals surface area (Å²) in [5, 5.41) is 13.4. The molecule has 0 saturated carbocycles. The van der Waals surface area contributed by atoms with E-state index in [-0.39, 0.29) is 5.75 Å². The maximum atomic E-state index is 10.0. The van der Waals surface area contributed by atoms with Crippen LogP contribution in [0.25, 0.3) is 0 Å². The predicted octanol–water partition coefficient (Wildman–Crippen LogP) is 4.36. The van der Waals surface area contributed by atoms with Crippen LogP contribution < -0.4 is 10.1 Å². The van der Waals surface area contributed by atoms with Crippen molar-refractivity contribution in [2.45, 2.75) is 32.7 Å². The maximum Gasteiger partial charge on any atom is 0.162 e. The van der Waals surface area contributed by atoms with E-state index in [1.54, 1.807) is 13.2 Å². The van der Waals surface area contributed by atoms with Crippen LogP contribution in [-0.4, -0.2) is 12.2 Å². The smallest absolute Gasteiger partial charge is 0.162 e. The normalized spacial score (nSPS) is 10.4. The summed E-state index contributed by atoms with van der Waals surface area (Å²) in [5.74, 6) is 0.705. The molecule has 2 aromatic carbocycles. The van der Waals surface area contributed by atoms with E-state index in [1.165, 1.54) is 18.4 Å². The van der Waals surface area contributed by atoms with Gasteiger partial charge in [-0.05, 0) is 36.6 Å². The minimum absolute atomic E-state index is 0.201. The number of phenols is 1. The lowest BCUT2D eigenvalue weighted by Gasteiger charge is -2.11. The Labute approximate surface area is 126 Å². The highest BCUT2D eigenvalue weighted by molar-refractivity contribution is 5.49. The number of hydrogen-bond acceptors (Lipinski definition) is 3. The first kappa shape index (κ1) is 15.2. The van der Waals surface area contributed by atoms with Gasteiger partial charge in [-0.15, -0.1) is 0 Å². The number of anilines is 1. The molecule has 0 aromatic heterocycles. The average Bonchev–Trinajstić information content (AvgIpc) is 2.53. The summed E-state index contributed by atoms with van der Waals surface area (Å²) in [5.41, 5.74) is 3.24. The molecule has 0 aliphatic rings. The van der Waals surface area contributed by atoms with Crippen LogP contribution in [0, 0.1) is 0 Å². The molecule has 0 aliphatic carbocycles. The highest BCUT2D eigenvalue weighted by Crippen LogP contribution is 2.29. The molecule has 0 aliphatic heterocycles. The molecule has 0 atom stereocenters. The van der Waals surface area contributed by atoms with Crippen molar-refractivity contribution in [2.24, 2.45) is 0 Å². The largest absolute Gasteiger partial charge is 0.504 e. The number of ether oxygens (including phenoxy) is 1. The fourth-order valence-electron chi connectivity index (χ4n) is 2.24. The molecule has 2 aromatic rings. The SMILES string of the molecule is CCCCc1ccc(NCc2cccc(OC)c2O)cc1. The van der Waals surface area contributed by atoms with Crippen LogP contribution >= 0.6 is 0 Å². The molecule has 0 radical (unpaired) electrons. The van der Waals surface area contributed by atoms with Crippen molar-refractivity contribution in [1.29, 1.82) is 0 Å². The zero-order valence-corrected chi connectivity index (χ0v) is 12.7. The van der Waals surface area contributed by atoms with E-state index in [0.29, 0.717) is 12.3 Å². The van der Waals surface area contributed by atoms with Crippen molar-refractivity contribution in [3.8, 4) is 11.5 Å². The van der Waals surface area contributed by atoms with Crippen molar-refractivity contribution in [1.82, 2.24) is 0 Å². The molecule has 0 fully saturated rings. The third kappa shape index (κ3) is 4.15. The zero-order valence-electron chi connectivity index (χ0n) is 12.7. The molecule has 0 amide bonds. The minimum Gasteiger partial charge on any atom is -0.504 e. The lowest BCUT2D eigenvalue weighted by atomic mass is 10.1. The van der Waals surface area contributed by atoms with Gasteiger partial charge in [0.2, 0.25) is 0 Å². The lowest BCUT2D eigenvalue weighted by molar-refractivity contribution is 0.371. The Bertz CT molecular complexity index is 564. The highest BCUT2D eigenvalue weighted by atomic mass is 16.5. The number of aryl methyl sites for hydroxylation is 1. The number of aromatic hydroxyl groups is 1. The summed E-state index contributed by atoms with van der Waals surface area (Å²) in [6.45, 7) is 2.77. The van der Waals surface area contributed by atoms with Gasteiger partial charge in [0.1, 0.15) is 0 Å². The minimum atomic E-state index is 0.201. The van der Waals surface area contributed by atoms with Crippen LogP contribution in [0.1, 0.15) is 30.9 Å². The van der Waals surface area contributed by atoms with Crippen LogP contribution in [0.4, 0.5) is 5.69 Å². The first-order valence-corrected chi connectivity index (χ1v) is 7.42. The Hall–Kier alpha value is -2.16. The summed E-state index contributed by atoms with van der Waals surface area (Å²) in [6.07, 6.45) is 3.58. The van der Waals surface area contributed by atoms with E-state index < -0.39 is 0 Å². The van der Waals surface area contributed by atoms with Crippen LogP contribution in [0.15, 0.2) is 42.5 Å². The molecular weight excluding hydrogens is 262 g/mol. The summed E-state index contributed by atoms with van der Waals surface area (Å²) in [4.78, 5) is 0. The van der Waals surface area contributed by atoms with Crippen molar-refractivity contribution in [3.63, 3.8) is 0 Å². The van der Waals surface area contributed by atoms with E-state index in [2.05, 4.69) is 36.5 Å². The molecule has 0 unspecified atom stereocenters. The number of rotatable bonds is 7. The average molecular weight is 285 g/mol. The standard InChI is InChI=1S/C18H23NO2/c1-3-4-6-14-9-11-16(12-10-14)19-13-15-7-5-8-17(21-2)18(15)20/h5,7-12,19-20H,3-4,6,13H2,1-2H3. The Morgan fingerprint density at radius 3 is 2.52 bits per heavy atom. The number of methoxy groups -OCH3 is 1. The van der Waals surface area contributed by atoms with Crippen molar-refractivity contribution in [3.05, 3.63) is 53.6 Å². The fourth-order valence-corrected chi connectivity index (χ4v) is 2.24. The van der Waals surface area contributed by atoms with Gasteiger partial charge in [0.05, 0.1) is 7.11 Å². The van der Waals surface area contributed by atoms with Gasteiger partial charge in [0.25, 0.3) is 0 Å². The number of hydrogen-bond donors (Lipinski definition) is 2. The molecule has 0 spiro atoms. The Morgan fingerprint density at radius 2 is 1.86 bits per heavy atom.